The predicted molar refractivity (Wildman–Crippen MR) is 67.3 cm³/mol. The van der Waals surface area contributed by atoms with Crippen molar-refractivity contribution in [3.8, 4) is 5.75 Å². The molecule has 2 nitrogen and oxygen atoms in total. The summed E-state index contributed by atoms with van der Waals surface area (Å²) < 4.78 is 6.58. The summed E-state index contributed by atoms with van der Waals surface area (Å²) in [4.78, 5) is 0. The monoisotopic (exact) mass is 269 g/mol. The van der Waals surface area contributed by atoms with Gasteiger partial charge in [-0.2, -0.15) is 0 Å². The van der Waals surface area contributed by atoms with Gasteiger partial charge in [-0.15, -0.1) is 0 Å². The Morgan fingerprint density at radius 2 is 2.33 bits per heavy atom. The lowest BCUT2D eigenvalue weighted by Gasteiger charge is -2.07. The molecular weight excluding hydrogens is 254 g/mol. The highest BCUT2D eigenvalue weighted by atomic mass is 79.9. The zero-order valence-corrected chi connectivity index (χ0v) is 10.5. The Bertz CT molecular complexity index is 325. The molecule has 0 saturated carbocycles. The van der Waals surface area contributed by atoms with Crippen LogP contribution in [0.2, 0.25) is 0 Å². The van der Waals surface area contributed by atoms with E-state index in [2.05, 4.69) is 27.8 Å². The Morgan fingerprint density at radius 1 is 1.53 bits per heavy atom. The van der Waals surface area contributed by atoms with Gasteiger partial charge in [0, 0.05) is 17.6 Å². The smallest absolute Gasteiger partial charge is 0.120 e. The summed E-state index contributed by atoms with van der Waals surface area (Å²) >= 11 is 3.40. The fourth-order valence-electron chi connectivity index (χ4n) is 1.10. The van der Waals surface area contributed by atoms with Crippen molar-refractivity contribution in [1.82, 2.24) is 5.32 Å². The van der Waals surface area contributed by atoms with Crippen LogP contribution in [0.4, 0.5) is 0 Å². The predicted octanol–water partition coefficient (Wildman–Crippen LogP) is 2.99. The van der Waals surface area contributed by atoms with Crippen LogP contribution in [0.25, 0.3) is 0 Å². The molecule has 0 aliphatic rings. The van der Waals surface area contributed by atoms with Crippen molar-refractivity contribution in [3.63, 3.8) is 0 Å². The van der Waals surface area contributed by atoms with Gasteiger partial charge in [0.1, 0.15) is 12.4 Å². The lowest BCUT2D eigenvalue weighted by atomic mass is 10.3. The maximum atomic E-state index is 5.55. The molecule has 3 heteroatoms. The van der Waals surface area contributed by atoms with Crippen LogP contribution in [0.5, 0.6) is 5.75 Å². The number of benzene rings is 1. The van der Waals surface area contributed by atoms with E-state index in [0.717, 1.165) is 28.9 Å². The summed E-state index contributed by atoms with van der Waals surface area (Å²) in [5.41, 5.74) is 1.14. The van der Waals surface area contributed by atoms with Gasteiger partial charge in [0.2, 0.25) is 0 Å². The van der Waals surface area contributed by atoms with E-state index < -0.39 is 0 Å². The molecule has 1 N–H and O–H groups in total. The number of ether oxygens (including phenoxy) is 1. The highest BCUT2D eigenvalue weighted by molar-refractivity contribution is 9.10. The molecule has 82 valence electrons. The fourth-order valence-corrected chi connectivity index (χ4v) is 1.48. The van der Waals surface area contributed by atoms with Crippen LogP contribution in [0.3, 0.4) is 0 Å². The Morgan fingerprint density at radius 3 is 3.00 bits per heavy atom. The SMILES string of the molecule is C=C(C)CNCCOc1cccc(Br)c1. The number of rotatable bonds is 6. The van der Waals surface area contributed by atoms with Gasteiger partial charge in [0.25, 0.3) is 0 Å². The van der Waals surface area contributed by atoms with E-state index in [4.69, 9.17) is 4.74 Å². The lowest BCUT2D eigenvalue weighted by molar-refractivity contribution is 0.316. The molecule has 0 unspecified atom stereocenters. The zero-order valence-electron chi connectivity index (χ0n) is 8.92. The third-order valence-corrected chi connectivity index (χ3v) is 2.26. The largest absolute Gasteiger partial charge is 0.492 e. The molecule has 0 aliphatic heterocycles. The first-order valence-electron chi connectivity index (χ1n) is 4.92. The second-order valence-electron chi connectivity index (χ2n) is 3.44. The van der Waals surface area contributed by atoms with Gasteiger partial charge in [0.05, 0.1) is 0 Å². The van der Waals surface area contributed by atoms with E-state index in [9.17, 15) is 0 Å². The minimum absolute atomic E-state index is 0.670. The summed E-state index contributed by atoms with van der Waals surface area (Å²) in [6.45, 7) is 8.17. The van der Waals surface area contributed by atoms with Crippen molar-refractivity contribution >= 4 is 15.9 Å². The van der Waals surface area contributed by atoms with Crippen LogP contribution in [-0.2, 0) is 0 Å². The number of hydrogen-bond donors (Lipinski definition) is 1. The average Bonchev–Trinajstić information content (AvgIpc) is 2.17. The zero-order chi connectivity index (χ0) is 11.1. The van der Waals surface area contributed by atoms with Gasteiger partial charge in [-0.1, -0.05) is 34.1 Å². The Labute approximate surface area is 99.5 Å². The highest BCUT2D eigenvalue weighted by Gasteiger charge is 1.94. The summed E-state index contributed by atoms with van der Waals surface area (Å²) in [5.74, 6) is 0.890. The molecule has 1 aromatic rings. The standard InChI is InChI=1S/C12H16BrNO/c1-10(2)9-14-6-7-15-12-5-3-4-11(13)8-12/h3-5,8,14H,1,6-7,9H2,2H3. The second kappa shape index (κ2) is 6.64. The van der Waals surface area contributed by atoms with Crippen molar-refractivity contribution in [3.05, 3.63) is 40.9 Å². The fraction of sp³-hybridized carbons (Fsp3) is 0.333. The van der Waals surface area contributed by atoms with Gasteiger partial charge >= 0.3 is 0 Å². The third kappa shape index (κ3) is 5.60. The van der Waals surface area contributed by atoms with Crippen molar-refractivity contribution < 1.29 is 4.74 Å². The topological polar surface area (TPSA) is 21.3 Å². The average molecular weight is 270 g/mol. The molecule has 0 aromatic heterocycles. The van der Waals surface area contributed by atoms with E-state index in [-0.39, 0.29) is 0 Å². The summed E-state index contributed by atoms with van der Waals surface area (Å²) in [5, 5.41) is 3.23. The molecule has 15 heavy (non-hydrogen) atoms. The van der Waals surface area contributed by atoms with Crippen LogP contribution in [0.15, 0.2) is 40.9 Å². The molecule has 0 radical (unpaired) electrons. The molecule has 0 heterocycles. The maximum absolute atomic E-state index is 5.55. The molecule has 0 amide bonds. The van der Waals surface area contributed by atoms with Gasteiger partial charge in [0.15, 0.2) is 0 Å². The Hall–Kier alpha value is -0.800. The first-order chi connectivity index (χ1) is 7.18. The van der Waals surface area contributed by atoms with Crippen LogP contribution in [-0.4, -0.2) is 19.7 Å². The quantitative estimate of drug-likeness (QED) is 0.633. The van der Waals surface area contributed by atoms with E-state index >= 15 is 0 Å². The Balaban J connectivity index is 2.17. The normalized spacial score (nSPS) is 10.0. The molecule has 1 aromatic carbocycles. The van der Waals surface area contributed by atoms with Crippen molar-refractivity contribution in [2.45, 2.75) is 6.92 Å². The molecule has 0 fully saturated rings. The molecule has 1 rings (SSSR count). The van der Waals surface area contributed by atoms with Crippen molar-refractivity contribution in [2.24, 2.45) is 0 Å². The van der Waals surface area contributed by atoms with E-state index in [1.54, 1.807) is 0 Å². The van der Waals surface area contributed by atoms with Crippen LogP contribution in [0, 0.1) is 0 Å². The first-order valence-corrected chi connectivity index (χ1v) is 5.71. The summed E-state index contributed by atoms with van der Waals surface area (Å²) in [6.07, 6.45) is 0. The van der Waals surface area contributed by atoms with Crippen LogP contribution < -0.4 is 10.1 Å². The van der Waals surface area contributed by atoms with E-state index in [1.165, 1.54) is 0 Å². The summed E-state index contributed by atoms with van der Waals surface area (Å²) in [6, 6.07) is 7.84. The molecule has 0 saturated heterocycles. The molecular formula is C12H16BrNO. The number of halogens is 1. The summed E-state index contributed by atoms with van der Waals surface area (Å²) in [7, 11) is 0. The maximum Gasteiger partial charge on any atom is 0.120 e. The van der Waals surface area contributed by atoms with Gasteiger partial charge in [-0.05, 0) is 25.1 Å². The van der Waals surface area contributed by atoms with E-state index in [0.29, 0.717) is 6.61 Å². The van der Waals surface area contributed by atoms with E-state index in [1.807, 2.05) is 31.2 Å². The van der Waals surface area contributed by atoms with Crippen molar-refractivity contribution in [1.29, 1.82) is 0 Å². The minimum Gasteiger partial charge on any atom is -0.492 e. The number of hydrogen-bond acceptors (Lipinski definition) is 2. The molecule has 0 atom stereocenters. The minimum atomic E-state index is 0.670. The highest BCUT2D eigenvalue weighted by Crippen LogP contribution is 2.17. The Kier molecular flexibility index (Phi) is 5.43. The second-order valence-corrected chi connectivity index (χ2v) is 4.36. The lowest BCUT2D eigenvalue weighted by Crippen LogP contribution is -2.22. The molecule has 0 bridgehead atoms. The van der Waals surface area contributed by atoms with Crippen LogP contribution in [0.1, 0.15) is 6.92 Å². The van der Waals surface area contributed by atoms with Gasteiger partial charge in [-0.3, -0.25) is 0 Å². The number of nitrogens with one attached hydrogen (secondary N) is 1. The third-order valence-electron chi connectivity index (χ3n) is 1.77. The van der Waals surface area contributed by atoms with Crippen molar-refractivity contribution in [2.75, 3.05) is 19.7 Å². The van der Waals surface area contributed by atoms with Gasteiger partial charge in [-0.25, -0.2) is 0 Å². The first kappa shape index (κ1) is 12.3. The van der Waals surface area contributed by atoms with Gasteiger partial charge < -0.3 is 10.1 Å². The van der Waals surface area contributed by atoms with Crippen LogP contribution >= 0.6 is 15.9 Å². The molecule has 0 spiro atoms. The molecule has 0 aliphatic carbocycles.